The van der Waals surface area contributed by atoms with Crippen LogP contribution < -0.4 is 10.1 Å². The summed E-state index contributed by atoms with van der Waals surface area (Å²) in [6, 6.07) is 17.5. The fraction of sp³-hybridized carbons (Fsp3) is 0. The van der Waals surface area contributed by atoms with Crippen LogP contribution in [0.4, 0.5) is 5.69 Å². The van der Waals surface area contributed by atoms with Crippen molar-refractivity contribution in [2.24, 2.45) is 0 Å². The zero-order chi connectivity index (χ0) is 19.4. The van der Waals surface area contributed by atoms with Crippen LogP contribution in [0, 0.1) is 0 Å². The molecule has 0 aliphatic heterocycles. The Balaban J connectivity index is 1.72. The number of benzene rings is 3. The largest absolute Gasteiger partial charge is 0.478 e. The summed E-state index contributed by atoms with van der Waals surface area (Å²) in [5.74, 6) is -0.705. The van der Waals surface area contributed by atoms with E-state index in [9.17, 15) is 14.7 Å². The summed E-state index contributed by atoms with van der Waals surface area (Å²) in [7, 11) is 0. The lowest BCUT2D eigenvalue weighted by Gasteiger charge is -2.10. The van der Waals surface area contributed by atoms with Crippen molar-refractivity contribution in [2.75, 3.05) is 5.32 Å². The zero-order valence-corrected chi connectivity index (χ0v) is 15.3. The van der Waals surface area contributed by atoms with Crippen LogP contribution in [0.1, 0.15) is 20.7 Å². The summed E-state index contributed by atoms with van der Waals surface area (Å²) in [5.41, 5.74) is 0.514. The highest BCUT2D eigenvalue weighted by Crippen LogP contribution is 2.32. The monoisotopic (exact) mass is 401 g/mol. The van der Waals surface area contributed by atoms with E-state index >= 15 is 0 Å². The van der Waals surface area contributed by atoms with Crippen molar-refractivity contribution >= 4 is 40.8 Å². The second-order valence-corrected chi connectivity index (χ2v) is 6.35. The van der Waals surface area contributed by atoms with E-state index in [4.69, 9.17) is 27.9 Å². The topological polar surface area (TPSA) is 75.6 Å². The first-order valence-electron chi connectivity index (χ1n) is 7.80. The van der Waals surface area contributed by atoms with E-state index in [2.05, 4.69) is 5.32 Å². The van der Waals surface area contributed by atoms with Crippen molar-refractivity contribution in [3.8, 4) is 11.5 Å². The van der Waals surface area contributed by atoms with Gasteiger partial charge >= 0.3 is 5.97 Å². The fourth-order valence-electron chi connectivity index (χ4n) is 2.36. The number of ether oxygens (including phenoxy) is 1. The number of carbonyl (C=O) groups is 2. The number of carboxylic acid groups (broad SMARTS) is 1. The summed E-state index contributed by atoms with van der Waals surface area (Å²) >= 11 is 11.9. The number of nitrogens with one attached hydrogen (secondary N) is 1. The standard InChI is InChI=1S/C20H13Cl2NO4/c21-12-5-10-18(17(22)11-12)27-14-8-6-13(7-9-14)23-19(24)15-3-1-2-4-16(15)20(25)26/h1-11H,(H,23,24)(H,25,26). The molecule has 0 fully saturated rings. The van der Waals surface area contributed by atoms with E-state index in [1.54, 1.807) is 54.6 Å². The molecule has 5 nitrogen and oxygen atoms in total. The molecule has 0 spiro atoms. The average molecular weight is 402 g/mol. The molecule has 0 radical (unpaired) electrons. The molecule has 136 valence electrons. The van der Waals surface area contributed by atoms with E-state index in [0.29, 0.717) is 27.2 Å². The predicted molar refractivity (Wildman–Crippen MR) is 104 cm³/mol. The van der Waals surface area contributed by atoms with E-state index in [1.165, 1.54) is 12.1 Å². The minimum atomic E-state index is -1.16. The average Bonchev–Trinajstić information content (AvgIpc) is 2.65. The first kappa shape index (κ1) is 18.8. The van der Waals surface area contributed by atoms with Gasteiger partial charge in [-0.05, 0) is 54.6 Å². The number of hydrogen-bond acceptors (Lipinski definition) is 3. The maximum absolute atomic E-state index is 12.4. The summed E-state index contributed by atoms with van der Waals surface area (Å²) in [6.07, 6.45) is 0. The molecule has 0 aliphatic rings. The number of amides is 1. The first-order chi connectivity index (χ1) is 12.9. The Hall–Kier alpha value is -3.02. The van der Waals surface area contributed by atoms with Crippen LogP contribution in [-0.4, -0.2) is 17.0 Å². The quantitative estimate of drug-likeness (QED) is 0.571. The van der Waals surface area contributed by atoms with Gasteiger partial charge in [0, 0.05) is 10.7 Å². The van der Waals surface area contributed by atoms with Crippen LogP contribution >= 0.6 is 23.2 Å². The number of rotatable bonds is 5. The third-order valence-corrected chi connectivity index (χ3v) is 4.17. The van der Waals surface area contributed by atoms with Crippen molar-refractivity contribution in [3.63, 3.8) is 0 Å². The van der Waals surface area contributed by atoms with Crippen molar-refractivity contribution < 1.29 is 19.4 Å². The lowest BCUT2D eigenvalue weighted by molar-refractivity contribution is 0.0692. The highest BCUT2D eigenvalue weighted by atomic mass is 35.5. The molecule has 0 bridgehead atoms. The van der Waals surface area contributed by atoms with Crippen LogP contribution in [0.5, 0.6) is 11.5 Å². The molecule has 0 saturated carbocycles. The minimum absolute atomic E-state index is 0.0627. The third-order valence-electron chi connectivity index (χ3n) is 3.64. The predicted octanol–water partition coefficient (Wildman–Crippen LogP) is 5.74. The molecular formula is C20H13Cl2NO4. The van der Waals surface area contributed by atoms with Gasteiger partial charge in [-0.1, -0.05) is 35.3 Å². The highest BCUT2D eigenvalue weighted by Gasteiger charge is 2.15. The molecule has 1 amide bonds. The van der Waals surface area contributed by atoms with E-state index in [-0.39, 0.29) is 11.1 Å². The molecule has 27 heavy (non-hydrogen) atoms. The molecule has 0 heterocycles. The van der Waals surface area contributed by atoms with Crippen molar-refractivity contribution in [2.45, 2.75) is 0 Å². The van der Waals surface area contributed by atoms with E-state index < -0.39 is 11.9 Å². The number of carbonyl (C=O) groups excluding carboxylic acids is 1. The molecule has 3 aromatic rings. The van der Waals surface area contributed by atoms with Crippen LogP contribution in [0.25, 0.3) is 0 Å². The summed E-state index contributed by atoms with van der Waals surface area (Å²) in [4.78, 5) is 23.6. The third kappa shape index (κ3) is 4.58. The van der Waals surface area contributed by atoms with Gasteiger partial charge in [-0.2, -0.15) is 0 Å². The van der Waals surface area contributed by atoms with Gasteiger partial charge in [0.15, 0.2) is 0 Å². The summed E-state index contributed by atoms with van der Waals surface area (Å²) in [5, 5.41) is 12.7. The number of carboxylic acids is 1. The molecule has 0 saturated heterocycles. The number of halogens is 2. The Morgan fingerprint density at radius 3 is 2.19 bits per heavy atom. The van der Waals surface area contributed by atoms with Gasteiger partial charge in [0.2, 0.25) is 0 Å². The summed E-state index contributed by atoms with van der Waals surface area (Å²) in [6.45, 7) is 0. The molecular weight excluding hydrogens is 389 g/mol. The van der Waals surface area contributed by atoms with Crippen molar-refractivity contribution in [1.29, 1.82) is 0 Å². The van der Waals surface area contributed by atoms with Gasteiger partial charge in [0.1, 0.15) is 11.5 Å². The van der Waals surface area contributed by atoms with Gasteiger partial charge in [-0.3, -0.25) is 4.79 Å². The second kappa shape index (κ2) is 8.12. The number of aromatic carboxylic acids is 1. The molecule has 2 N–H and O–H groups in total. The molecule has 3 rings (SSSR count). The molecule has 0 aromatic heterocycles. The fourth-order valence-corrected chi connectivity index (χ4v) is 2.80. The smallest absolute Gasteiger partial charge is 0.336 e. The normalized spacial score (nSPS) is 10.3. The molecule has 0 atom stereocenters. The van der Waals surface area contributed by atoms with Crippen molar-refractivity contribution in [3.05, 3.63) is 87.9 Å². The Kier molecular flexibility index (Phi) is 5.64. The first-order valence-corrected chi connectivity index (χ1v) is 8.56. The van der Waals surface area contributed by atoms with Crippen LogP contribution in [0.15, 0.2) is 66.7 Å². The molecule has 7 heteroatoms. The van der Waals surface area contributed by atoms with Gasteiger partial charge in [-0.15, -0.1) is 0 Å². The Morgan fingerprint density at radius 2 is 1.56 bits per heavy atom. The number of anilines is 1. The summed E-state index contributed by atoms with van der Waals surface area (Å²) < 4.78 is 5.68. The maximum Gasteiger partial charge on any atom is 0.336 e. The number of hydrogen-bond donors (Lipinski definition) is 2. The highest BCUT2D eigenvalue weighted by molar-refractivity contribution is 6.35. The lowest BCUT2D eigenvalue weighted by Crippen LogP contribution is -2.16. The van der Waals surface area contributed by atoms with Gasteiger partial charge < -0.3 is 15.2 Å². The van der Waals surface area contributed by atoms with E-state index in [0.717, 1.165) is 0 Å². The molecule has 0 aliphatic carbocycles. The zero-order valence-electron chi connectivity index (χ0n) is 13.8. The Labute approximate surface area is 165 Å². The lowest BCUT2D eigenvalue weighted by atomic mass is 10.1. The van der Waals surface area contributed by atoms with E-state index in [1.807, 2.05) is 0 Å². The second-order valence-electron chi connectivity index (χ2n) is 5.51. The molecule has 3 aromatic carbocycles. The van der Waals surface area contributed by atoms with Crippen LogP contribution in [0.3, 0.4) is 0 Å². The van der Waals surface area contributed by atoms with Crippen molar-refractivity contribution in [1.82, 2.24) is 0 Å². The Bertz CT molecular complexity index is 1000. The minimum Gasteiger partial charge on any atom is -0.478 e. The maximum atomic E-state index is 12.4. The molecule has 0 unspecified atom stereocenters. The van der Waals surface area contributed by atoms with Crippen LogP contribution in [0.2, 0.25) is 10.0 Å². The Morgan fingerprint density at radius 1 is 0.889 bits per heavy atom. The van der Waals surface area contributed by atoms with Crippen LogP contribution in [-0.2, 0) is 0 Å². The van der Waals surface area contributed by atoms with Gasteiger partial charge in [0.25, 0.3) is 5.91 Å². The van der Waals surface area contributed by atoms with Gasteiger partial charge in [-0.25, -0.2) is 4.79 Å². The SMILES string of the molecule is O=C(O)c1ccccc1C(=O)Nc1ccc(Oc2ccc(Cl)cc2Cl)cc1. The van der Waals surface area contributed by atoms with Gasteiger partial charge in [0.05, 0.1) is 16.1 Å².